The Morgan fingerprint density at radius 2 is 1.96 bits per heavy atom. The smallest absolute Gasteiger partial charge is 0.345 e. The summed E-state index contributed by atoms with van der Waals surface area (Å²) in [7, 11) is 0. The highest BCUT2D eigenvalue weighted by Gasteiger charge is 2.24. The Morgan fingerprint density at radius 1 is 1.21 bits per heavy atom. The van der Waals surface area contributed by atoms with Gasteiger partial charge in [0.15, 0.2) is 5.96 Å². The summed E-state index contributed by atoms with van der Waals surface area (Å²) in [6.07, 6.45) is 7.27. The lowest BCUT2D eigenvalue weighted by atomic mass is 9.93. The second-order valence-electron chi connectivity index (χ2n) is 7.73. The van der Waals surface area contributed by atoms with Crippen molar-refractivity contribution in [3.8, 4) is 0 Å². The molecule has 0 saturated heterocycles. The van der Waals surface area contributed by atoms with Gasteiger partial charge in [-0.2, -0.15) is 5.10 Å². The van der Waals surface area contributed by atoms with Crippen LogP contribution in [0.1, 0.15) is 71.5 Å². The standard InChI is InChI=1S/C20H38N6O2/c1-4-11-20(28,12-5-2)16-23-18(21-6-3)22-13-9-15-26-19(27)25-14-8-7-10-17(25)24-26/h28H,4-16H2,1-3H3,(H2,21,22,23). The van der Waals surface area contributed by atoms with E-state index in [-0.39, 0.29) is 5.69 Å². The van der Waals surface area contributed by atoms with Gasteiger partial charge in [-0.05, 0) is 39.0 Å². The lowest BCUT2D eigenvalue weighted by molar-refractivity contribution is 0.0306. The zero-order chi connectivity index (χ0) is 20.4. The lowest BCUT2D eigenvalue weighted by Crippen LogP contribution is -2.40. The molecule has 2 rings (SSSR count). The largest absolute Gasteiger partial charge is 0.388 e. The van der Waals surface area contributed by atoms with E-state index in [1.165, 1.54) is 0 Å². The second kappa shape index (κ2) is 11.2. The normalized spacial score (nSPS) is 14.8. The van der Waals surface area contributed by atoms with Crippen LogP contribution in [0, 0.1) is 0 Å². The van der Waals surface area contributed by atoms with E-state index in [1.807, 2.05) is 11.5 Å². The Morgan fingerprint density at radius 3 is 2.61 bits per heavy atom. The number of aromatic nitrogens is 3. The van der Waals surface area contributed by atoms with E-state index in [2.05, 4.69) is 34.6 Å². The Kier molecular flexibility index (Phi) is 9.02. The molecule has 0 bridgehead atoms. The Bertz CT molecular complexity index is 673. The molecule has 0 aliphatic carbocycles. The van der Waals surface area contributed by atoms with E-state index in [4.69, 9.17) is 0 Å². The maximum atomic E-state index is 12.4. The molecule has 1 aromatic heterocycles. The first-order chi connectivity index (χ1) is 13.5. The third-order valence-electron chi connectivity index (χ3n) is 5.18. The van der Waals surface area contributed by atoms with Crippen LogP contribution in [0.4, 0.5) is 0 Å². The minimum atomic E-state index is -0.728. The van der Waals surface area contributed by atoms with Gasteiger partial charge >= 0.3 is 5.69 Å². The number of nitrogens with one attached hydrogen (secondary N) is 2. The van der Waals surface area contributed by atoms with E-state index in [0.29, 0.717) is 25.6 Å². The number of hydrogen-bond donors (Lipinski definition) is 3. The van der Waals surface area contributed by atoms with E-state index < -0.39 is 5.60 Å². The van der Waals surface area contributed by atoms with Gasteiger partial charge in [-0.1, -0.05) is 26.7 Å². The first-order valence-electron chi connectivity index (χ1n) is 10.9. The van der Waals surface area contributed by atoms with Crippen LogP contribution in [0.5, 0.6) is 0 Å². The van der Waals surface area contributed by atoms with Crippen LogP contribution >= 0.6 is 0 Å². The molecule has 0 radical (unpaired) electrons. The second-order valence-corrected chi connectivity index (χ2v) is 7.73. The van der Waals surface area contributed by atoms with Gasteiger partial charge in [0.05, 0.1) is 12.1 Å². The van der Waals surface area contributed by atoms with Gasteiger partial charge in [0.2, 0.25) is 0 Å². The molecule has 160 valence electrons. The average Bonchev–Trinajstić information content (AvgIpc) is 3.00. The number of rotatable bonds is 11. The van der Waals surface area contributed by atoms with E-state index >= 15 is 0 Å². The van der Waals surface area contributed by atoms with Gasteiger partial charge in [-0.25, -0.2) is 9.48 Å². The third kappa shape index (κ3) is 6.36. The molecule has 8 nitrogen and oxygen atoms in total. The fourth-order valence-corrected chi connectivity index (χ4v) is 3.81. The molecular weight excluding hydrogens is 356 g/mol. The summed E-state index contributed by atoms with van der Waals surface area (Å²) in [5, 5.41) is 21.8. The molecule has 0 unspecified atom stereocenters. The van der Waals surface area contributed by atoms with Crippen molar-refractivity contribution in [2.45, 2.75) is 90.8 Å². The van der Waals surface area contributed by atoms with Gasteiger partial charge in [0.1, 0.15) is 5.82 Å². The molecule has 1 aliphatic heterocycles. The number of guanidine groups is 1. The van der Waals surface area contributed by atoms with E-state index in [9.17, 15) is 9.90 Å². The molecule has 28 heavy (non-hydrogen) atoms. The first kappa shape index (κ1) is 22.5. The zero-order valence-corrected chi connectivity index (χ0v) is 17.8. The van der Waals surface area contributed by atoms with Crippen molar-refractivity contribution in [2.24, 2.45) is 4.99 Å². The predicted molar refractivity (Wildman–Crippen MR) is 113 cm³/mol. The van der Waals surface area contributed by atoms with Crippen LogP contribution in [0.2, 0.25) is 0 Å². The quantitative estimate of drug-likeness (QED) is 0.301. The highest BCUT2D eigenvalue weighted by Crippen LogP contribution is 2.19. The Labute approximate surface area is 168 Å². The highest BCUT2D eigenvalue weighted by molar-refractivity contribution is 5.79. The molecule has 0 atom stereocenters. The summed E-state index contributed by atoms with van der Waals surface area (Å²) in [5.41, 5.74) is -0.714. The monoisotopic (exact) mass is 394 g/mol. The summed E-state index contributed by atoms with van der Waals surface area (Å²) in [5.74, 6) is 1.63. The molecule has 3 N–H and O–H groups in total. The lowest BCUT2D eigenvalue weighted by Gasteiger charge is -2.26. The molecule has 0 spiro atoms. The molecule has 1 aromatic rings. The fourth-order valence-electron chi connectivity index (χ4n) is 3.81. The van der Waals surface area contributed by atoms with Crippen LogP contribution in [-0.4, -0.2) is 50.6 Å². The van der Waals surface area contributed by atoms with Crippen molar-refractivity contribution in [2.75, 3.05) is 19.6 Å². The number of aliphatic hydroxyl groups is 1. The average molecular weight is 395 g/mol. The first-order valence-corrected chi connectivity index (χ1v) is 10.9. The molecule has 0 saturated carbocycles. The van der Waals surface area contributed by atoms with Gasteiger partial charge < -0.3 is 15.7 Å². The summed E-state index contributed by atoms with van der Waals surface area (Å²) in [4.78, 5) is 17.0. The molecular formula is C20H38N6O2. The number of aliphatic imine (C=N–C) groups is 1. The molecule has 0 amide bonds. The van der Waals surface area contributed by atoms with Gasteiger partial charge in [0.25, 0.3) is 0 Å². The molecule has 1 aliphatic rings. The Hall–Kier alpha value is -1.83. The van der Waals surface area contributed by atoms with Crippen molar-refractivity contribution >= 4 is 5.96 Å². The van der Waals surface area contributed by atoms with Crippen molar-refractivity contribution in [3.05, 3.63) is 16.3 Å². The molecule has 2 heterocycles. The van der Waals surface area contributed by atoms with Gasteiger partial charge in [0, 0.05) is 32.6 Å². The fraction of sp³-hybridized carbons (Fsp3) is 0.850. The van der Waals surface area contributed by atoms with Crippen LogP contribution in [0.25, 0.3) is 0 Å². The van der Waals surface area contributed by atoms with E-state index in [0.717, 1.165) is 70.3 Å². The van der Waals surface area contributed by atoms with Crippen molar-refractivity contribution in [1.82, 2.24) is 25.0 Å². The molecule has 8 heteroatoms. The number of nitrogens with zero attached hydrogens (tertiary/aromatic N) is 4. The summed E-state index contributed by atoms with van der Waals surface area (Å²) in [6, 6.07) is 0. The maximum absolute atomic E-state index is 12.4. The molecule has 0 fully saturated rings. The van der Waals surface area contributed by atoms with Crippen LogP contribution < -0.4 is 16.3 Å². The topological polar surface area (TPSA) is 96.5 Å². The maximum Gasteiger partial charge on any atom is 0.345 e. The Balaban J connectivity index is 1.86. The predicted octanol–water partition coefficient (Wildman–Crippen LogP) is 1.66. The van der Waals surface area contributed by atoms with Crippen molar-refractivity contribution < 1.29 is 5.11 Å². The minimum Gasteiger partial charge on any atom is -0.388 e. The zero-order valence-electron chi connectivity index (χ0n) is 17.8. The van der Waals surface area contributed by atoms with Crippen LogP contribution in [-0.2, 0) is 19.5 Å². The summed E-state index contributed by atoms with van der Waals surface area (Å²) < 4.78 is 3.40. The van der Waals surface area contributed by atoms with Crippen molar-refractivity contribution in [3.63, 3.8) is 0 Å². The van der Waals surface area contributed by atoms with E-state index in [1.54, 1.807) is 4.68 Å². The highest BCUT2D eigenvalue weighted by atomic mass is 16.3. The summed E-state index contributed by atoms with van der Waals surface area (Å²) in [6.45, 7) is 9.45. The summed E-state index contributed by atoms with van der Waals surface area (Å²) >= 11 is 0. The van der Waals surface area contributed by atoms with Crippen LogP contribution in [0.3, 0.4) is 0 Å². The van der Waals surface area contributed by atoms with Gasteiger partial charge in [-0.15, -0.1) is 0 Å². The SMILES string of the molecule is CCCC(O)(CCC)CN=C(NCC)NCCCn1nc2n(c1=O)CCCC2. The third-order valence-corrected chi connectivity index (χ3v) is 5.18. The van der Waals surface area contributed by atoms with Crippen molar-refractivity contribution in [1.29, 1.82) is 0 Å². The minimum absolute atomic E-state index is 0.0134. The molecule has 0 aromatic carbocycles. The number of hydrogen-bond acceptors (Lipinski definition) is 4. The number of aryl methyl sites for hydroxylation is 2. The van der Waals surface area contributed by atoms with Crippen LogP contribution in [0.15, 0.2) is 9.79 Å². The van der Waals surface area contributed by atoms with Gasteiger partial charge in [-0.3, -0.25) is 9.56 Å². The number of fused-ring (bicyclic) bond motifs is 1.